The Morgan fingerprint density at radius 2 is 2.00 bits per heavy atom. The second kappa shape index (κ2) is 6.76. The first-order chi connectivity index (χ1) is 11.0. The number of benzene rings is 1. The van der Waals surface area contributed by atoms with Gasteiger partial charge in [-0.1, -0.05) is 27.5 Å². The van der Waals surface area contributed by atoms with Crippen molar-refractivity contribution >= 4 is 37.6 Å². The zero-order valence-corrected chi connectivity index (χ0v) is 15.2. The van der Waals surface area contributed by atoms with Gasteiger partial charge in [0.15, 0.2) is 0 Å². The average molecular weight is 418 g/mol. The molecule has 1 aromatic carbocycles. The standard InChI is InChI=1S/C15H14BrClN2O3S/c16-11-1-3-13(4-2-11)23(20,21)19-8-6-12(10-19)22-15-5-7-18-9-14(15)17/h1-5,7,9,12H,6,8,10H2/t12-/m1/s1. The lowest BCUT2D eigenvalue weighted by Crippen LogP contribution is -2.31. The molecule has 1 aromatic heterocycles. The molecule has 0 aliphatic carbocycles. The Hall–Kier alpha value is -1.15. The van der Waals surface area contributed by atoms with Crippen LogP contribution in [0.5, 0.6) is 5.75 Å². The molecular formula is C15H14BrClN2O3S. The molecule has 5 nitrogen and oxygen atoms in total. The Labute approximate surface area is 148 Å². The molecule has 0 N–H and O–H groups in total. The van der Waals surface area contributed by atoms with Crippen LogP contribution in [0.1, 0.15) is 6.42 Å². The fraction of sp³-hybridized carbons (Fsp3) is 0.267. The highest BCUT2D eigenvalue weighted by Crippen LogP contribution is 2.28. The summed E-state index contributed by atoms with van der Waals surface area (Å²) in [5, 5.41) is 0.418. The Balaban J connectivity index is 1.72. The number of hydrogen-bond donors (Lipinski definition) is 0. The van der Waals surface area contributed by atoms with Crippen LogP contribution in [0.15, 0.2) is 52.1 Å². The molecule has 0 radical (unpaired) electrons. The van der Waals surface area contributed by atoms with Crippen LogP contribution in [0, 0.1) is 0 Å². The Bertz CT molecular complexity index is 799. The number of aromatic nitrogens is 1. The zero-order chi connectivity index (χ0) is 16.4. The van der Waals surface area contributed by atoms with Crippen molar-refractivity contribution in [3.63, 3.8) is 0 Å². The molecule has 23 heavy (non-hydrogen) atoms. The summed E-state index contributed by atoms with van der Waals surface area (Å²) in [6.07, 6.45) is 3.49. The lowest BCUT2D eigenvalue weighted by molar-refractivity contribution is 0.215. The average Bonchev–Trinajstić information content (AvgIpc) is 2.99. The van der Waals surface area contributed by atoms with Crippen LogP contribution in [-0.2, 0) is 10.0 Å². The Morgan fingerprint density at radius 3 is 2.70 bits per heavy atom. The minimum absolute atomic E-state index is 0.222. The Kier molecular flexibility index (Phi) is 4.91. The number of rotatable bonds is 4. The van der Waals surface area contributed by atoms with Gasteiger partial charge < -0.3 is 4.74 Å². The van der Waals surface area contributed by atoms with E-state index in [1.165, 1.54) is 10.5 Å². The van der Waals surface area contributed by atoms with Gasteiger partial charge in [-0.05, 0) is 30.7 Å². The summed E-state index contributed by atoms with van der Waals surface area (Å²) in [6, 6.07) is 8.29. The molecule has 1 aliphatic rings. The molecule has 3 rings (SSSR count). The second-order valence-electron chi connectivity index (χ2n) is 5.15. The summed E-state index contributed by atoms with van der Waals surface area (Å²) in [4.78, 5) is 4.18. The van der Waals surface area contributed by atoms with Crippen LogP contribution >= 0.6 is 27.5 Å². The van der Waals surface area contributed by atoms with E-state index in [2.05, 4.69) is 20.9 Å². The van der Waals surface area contributed by atoms with E-state index in [4.69, 9.17) is 16.3 Å². The minimum atomic E-state index is -3.50. The van der Waals surface area contributed by atoms with Crippen LogP contribution in [0.3, 0.4) is 0 Å². The highest BCUT2D eigenvalue weighted by Gasteiger charge is 2.33. The molecule has 1 aliphatic heterocycles. The topological polar surface area (TPSA) is 59.5 Å². The molecule has 0 spiro atoms. The number of nitrogens with zero attached hydrogens (tertiary/aromatic N) is 2. The summed E-state index contributed by atoms with van der Waals surface area (Å²) < 4.78 is 33.3. The van der Waals surface area contributed by atoms with E-state index in [0.29, 0.717) is 30.3 Å². The SMILES string of the molecule is O=S(=O)(c1ccc(Br)cc1)N1CC[C@@H](Oc2ccncc2Cl)C1. The van der Waals surface area contributed by atoms with Crippen LogP contribution < -0.4 is 4.74 Å². The van der Waals surface area contributed by atoms with Gasteiger partial charge in [-0.15, -0.1) is 0 Å². The van der Waals surface area contributed by atoms with Crippen LogP contribution in [0.4, 0.5) is 0 Å². The highest BCUT2D eigenvalue weighted by atomic mass is 79.9. The van der Waals surface area contributed by atoms with Gasteiger partial charge in [-0.25, -0.2) is 8.42 Å². The lowest BCUT2D eigenvalue weighted by atomic mass is 10.3. The van der Waals surface area contributed by atoms with Crippen molar-refractivity contribution in [3.05, 3.63) is 52.2 Å². The molecule has 0 bridgehead atoms. The predicted molar refractivity (Wildman–Crippen MR) is 91.2 cm³/mol. The van der Waals surface area contributed by atoms with E-state index >= 15 is 0 Å². The molecule has 0 amide bonds. The molecule has 2 aromatic rings. The second-order valence-corrected chi connectivity index (χ2v) is 8.41. The monoisotopic (exact) mass is 416 g/mol. The van der Waals surface area contributed by atoms with E-state index in [-0.39, 0.29) is 11.0 Å². The fourth-order valence-corrected chi connectivity index (χ4v) is 4.32. The minimum Gasteiger partial charge on any atom is -0.487 e. The van der Waals surface area contributed by atoms with Crippen LogP contribution in [0.2, 0.25) is 5.02 Å². The van der Waals surface area contributed by atoms with Crippen LogP contribution in [0.25, 0.3) is 0 Å². The molecule has 0 unspecified atom stereocenters. The largest absolute Gasteiger partial charge is 0.487 e. The maximum Gasteiger partial charge on any atom is 0.243 e. The van der Waals surface area contributed by atoms with Crippen molar-refractivity contribution in [1.29, 1.82) is 0 Å². The van der Waals surface area contributed by atoms with Crippen molar-refractivity contribution in [3.8, 4) is 5.75 Å². The predicted octanol–water partition coefficient (Wildman–Crippen LogP) is 3.34. The van der Waals surface area contributed by atoms with Gasteiger partial charge in [0.25, 0.3) is 0 Å². The maximum absolute atomic E-state index is 12.6. The maximum atomic E-state index is 12.6. The molecule has 8 heteroatoms. The molecule has 1 saturated heterocycles. The number of ether oxygens (including phenoxy) is 1. The summed E-state index contributed by atoms with van der Waals surface area (Å²) in [5.74, 6) is 0.523. The van der Waals surface area contributed by atoms with E-state index < -0.39 is 10.0 Å². The van der Waals surface area contributed by atoms with Crippen molar-refractivity contribution in [2.24, 2.45) is 0 Å². The molecular weight excluding hydrogens is 404 g/mol. The van der Waals surface area contributed by atoms with Crippen molar-refractivity contribution < 1.29 is 13.2 Å². The van der Waals surface area contributed by atoms with Crippen molar-refractivity contribution in [1.82, 2.24) is 9.29 Å². The highest BCUT2D eigenvalue weighted by molar-refractivity contribution is 9.10. The first kappa shape index (κ1) is 16.7. The van der Waals surface area contributed by atoms with E-state index in [9.17, 15) is 8.42 Å². The van der Waals surface area contributed by atoms with Gasteiger partial charge >= 0.3 is 0 Å². The smallest absolute Gasteiger partial charge is 0.243 e. The molecule has 2 heterocycles. The lowest BCUT2D eigenvalue weighted by Gasteiger charge is -2.17. The third-order valence-electron chi connectivity index (χ3n) is 3.59. The molecule has 122 valence electrons. The number of sulfonamides is 1. The molecule has 0 saturated carbocycles. The number of halogens is 2. The van der Waals surface area contributed by atoms with Gasteiger partial charge in [0.2, 0.25) is 10.0 Å². The Morgan fingerprint density at radius 1 is 1.26 bits per heavy atom. The number of pyridine rings is 1. The molecule has 1 fully saturated rings. The zero-order valence-electron chi connectivity index (χ0n) is 12.0. The summed E-state index contributed by atoms with van der Waals surface area (Å²) in [6.45, 7) is 0.725. The fourth-order valence-electron chi connectivity index (χ4n) is 2.41. The van der Waals surface area contributed by atoms with Crippen LogP contribution in [-0.4, -0.2) is 36.9 Å². The van der Waals surface area contributed by atoms with E-state index in [0.717, 1.165) is 4.47 Å². The van der Waals surface area contributed by atoms with E-state index in [1.807, 2.05) is 0 Å². The summed E-state index contributed by atoms with van der Waals surface area (Å²) in [7, 11) is -3.50. The number of hydrogen-bond acceptors (Lipinski definition) is 4. The third kappa shape index (κ3) is 3.68. The molecule has 1 atom stereocenters. The third-order valence-corrected chi connectivity index (χ3v) is 6.28. The quantitative estimate of drug-likeness (QED) is 0.765. The van der Waals surface area contributed by atoms with Gasteiger partial charge in [0, 0.05) is 29.5 Å². The van der Waals surface area contributed by atoms with Gasteiger partial charge in [-0.3, -0.25) is 4.98 Å². The van der Waals surface area contributed by atoms with E-state index in [1.54, 1.807) is 36.5 Å². The summed E-state index contributed by atoms with van der Waals surface area (Å²) in [5.41, 5.74) is 0. The van der Waals surface area contributed by atoms with Gasteiger partial charge in [-0.2, -0.15) is 4.31 Å². The van der Waals surface area contributed by atoms with Crippen molar-refractivity contribution in [2.45, 2.75) is 17.4 Å². The normalized spacial score (nSPS) is 19.0. The summed E-state index contributed by atoms with van der Waals surface area (Å²) >= 11 is 9.32. The first-order valence-corrected chi connectivity index (χ1v) is 9.60. The van der Waals surface area contributed by atoms with Gasteiger partial charge in [0.1, 0.15) is 16.9 Å². The first-order valence-electron chi connectivity index (χ1n) is 6.99. The van der Waals surface area contributed by atoms with Crippen molar-refractivity contribution in [2.75, 3.05) is 13.1 Å². The van der Waals surface area contributed by atoms with Gasteiger partial charge in [0.05, 0.1) is 11.4 Å².